The number of alkyl carbamates (subject to hydrolysis) is 1. The minimum atomic E-state index is -0.868. The molecular weight excluding hydrogens is 254 g/mol. The molecule has 4 heteroatoms. The van der Waals surface area contributed by atoms with Gasteiger partial charge in [-0.15, -0.1) is 0 Å². The fourth-order valence-corrected chi connectivity index (χ4v) is 2.73. The second kappa shape index (κ2) is 5.92. The summed E-state index contributed by atoms with van der Waals surface area (Å²) in [6, 6.07) is 0. The number of carbonyl (C=O) groups is 1. The third-order valence-electron chi connectivity index (χ3n) is 4.21. The van der Waals surface area contributed by atoms with Crippen LogP contribution in [0.2, 0.25) is 0 Å². The Hall–Kier alpha value is -0.770. The predicted molar refractivity (Wildman–Crippen MR) is 80.6 cm³/mol. The van der Waals surface area contributed by atoms with E-state index < -0.39 is 17.3 Å². The van der Waals surface area contributed by atoms with Gasteiger partial charge in [-0.05, 0) is 64.7 Å². The van der Waals surface area contributed by atoms with Gasteiger partial charge in [0.1, 0.15) is 5.60 Å². The van der Waals surface area contributed by atoms with Crippen molar-refractivity contribution in [2.24, 2.45) is 11.3 Å². The topological polar surface area (TPSA) is 58.6 Å². The molecule has 0 aromatic heterocycles. The molecule has 1 amide bonds. The molecule has 1 saturated carbocycles. The molecular formula is C16H31NO3. The Bertz CT molecular complexity index is 332. The van der Waals surface area contributed by atoms with Crippen LogP contribution in [0.4, 0.5) is 4.79 Å². The number of aliphatic hydroxyl groups is 1. The van der Waals surface area contributed by atoms with Crippen molar-refractivity contribution in [3.05, 3.63) is 0 Å². The Morgan fingerprint density at radius 1 is 1.25 bits per heavy atom. The number of hydrogen-bond donors (Lipinski definition) is 2. The second-order valence-electron chi connectivity index (χ2n) is 8.15. The molecule has 4 nitrogen and oxygen atoms in total. The van der Waals surface area contributed by atoms with Crippen LogP contribution < -0.4 is 5.32 Å². The molecule has 2 N–H and O–H groups in total. The molecule has 1 aliphatic rings. The number of nitrogens with one attached hydrogen (secondary N) is 1. The van der Waals surface area contributed by atoms with Crippen LogP contribution in [0, 0.1) is 11.3 Å². The third kappa shape index (κ3) is 5.70. The number of amides is 1. The lowest BCUT2D eigenvalue weighted by Gasteiger charge is -2.41. The van der Waals surface area contributed by atoms with E-state index >= 15 is 0 Å². The molecule has 20 heavy (non-hydrogen) atoms. The first-order valence-corrected chi connectivity index (χ1v) is 7.61. The van der Waals surface area contributed by atoms with E-state index in [4.69, 9.17) is 4.74 Å². The van der Waals surface area contributed by atoms with Crippen LogP contribution in [0.5, 0.6) is 0 Å². The normalized spacial score (nSPS) is 22.9. The summed E-state index contributed by atoms with van der Waals surface area (Å²) in [5.41, 5.74) is -0.997. The van der Waals surface area contributed by atoms with Gasteiger partial charge < -0.3 is 15.2 Å². The van der Waals surface area contributed by atoms with Crippen LogP contribution in [0.25, 0.3) is 0 Å². The summed E-state index contributed by atoms with van der Waals surface area (Å²) >= 11 is 0. The minimum absolute atomic E-state index is 0.241. The molecule has 1 unspecified atom stereocenters. The molecule has 0 spiro atoms. The van der Waals surface area contributed by atoms with E-state index in [-0.39, 0.29) is 12.5 Å². The van der Waals surface area contributed by atoms with Gasteiger partial charge in [0, 0.05) is 6.54 Å². The van der Waals surface area contributed by atoms with Crippen LogP contribution in [0.15, 0.2) is 0 Å². The molecule has 0 radical (unpaired) electrons. The number of rotatable bonds is 3. The molecule has 0 aliphatic heterocycles. The summed E-state index contributed by atoms with van der Waals surface area (Å²) in [7, 11) is 0. The van der Waals surface area contributed by atoms with Crippen molar-refractivity contribution < 1.29 is 14.6 Å². The molecule has 118 valence electrons. The maximum absolute atomic E-state index is 11.6. The van der Waals surface area contributed by atoms with Crippen LogP contribution in [0.1, 0.15) is 67.2 Å². The Morgan fingerprint density at radius 3 is 2.20 bits per heavy atom. The van der Waals surface area contributed by atoms with Gasteiger partial charge in [0.15, 0.2) is 0 Å². The Labute approximate surface area is 123 Å². The van der Waals surface area contributed by atoms with E-state index in [2.05, 4.69) is 19.2 Å². The number of ether oxygens (including phenoxy) is 1. The summed E-state index contributed by atoms with van der Waals surface area (Å²) in [6.45, 7) is 12.1. The fraction of sp³-hybridized carbons (Fsp3) is 0.938. The zero-order valence-electron chi connectivity index (χ0n) is 13.9. The van der Waals surface area contributed by atoms with Gasteiger partial charge in [0.05, 0.1) is 5.60 Å². The first kappa shape index (κ1) is 17.3. The van der Waals surface area contributed by atoms with E-state index in [1.54, 1.807) is 0 Å². The lowest BCUT2D eigenvalue weighted by molar-refractivity contribution is -0.0312. The van der Waals surface area contributed by atoms with Crippen molar-refractivity contribution in [1.29, 1.82) is 0 Å². The average molecular weight is 285 g/mol. The molecule has 1 aliphatic carbocycles. The van der Waals surface area contributed by atoms with Gasteiger partial charge in [0.2, 0.25) is 0 Å². The highest BCUT2D eigenvalue weighted by Crippen LogP contribution is 2.41. The van der Waals surface area contributed by atoms with E-state index in [0.29, 0.717) is 5.41 Å². The van der Waals surface area contributed by atoms with Gasteiger partial charge in [-0.2, -0.15) is 0 Å². The quantitative estimate of drug-likeness (QED) is 0.834. The molecule has 1 atom stereocenters. The highest BCUT2D eigenvalue weighted by atomic mass is 16.6. The van der Waals surface area contributed by atoms with Gasteiger partial charge in [-0.3, -0.25) is 0 Å². The van der Waals surface area contributed by atoms with Crippen molar-refractivity contribution in [2.75, 3.05) is 6.54 Å². The van der Waals surface area contributed by atoms with Crippen LogP contribution in [0.3, 0.4) is 0 Å². The van der Waals surface area contributed by atoms with E-state index in [9.17, 15) is 9.90 Å². The van der Waals surface area contributed by atoms with E-state index in [1.807, 2.05) is 27.7 Å². The third-order valence-corrected chi connectivity index (χ3v) is 4.21. The van der Waals surface area contributed by atoms with Gasteiger partial charge in [-0.1, -0.05) is 13.8 Å². The lowest BCUT2D eigenvalue weighted by Crippen LogP contribution is -2.48. The predicted octanol–water partition coefficient (Wildman–Crippen LogP) is 3.48. The first-order valence-electron chi connectivity index (χ1n) is 7.61. The van der Waals surface area contributed by atoms with Crippen LogP contribution in [-0.2, 0) is 4.74 Å². The number of carbonyl (C=O) groups excluding carboxylic acids is 1. The largest absolute Gasteiger partial charge is 0.444 e. The highest BCUT2D eigenvalue weighted by molar-refractivity contribution is 5.67. The highest BCUT2D eigenvalue weighted by Gasteiger charge is 2.37. The SMILES string of the molecule is CC1(C)CCC(C(C)(O)CNC(=O)OC(C)(C)C)CC1. The Balaban J connectivity index is 2.44. The average Bonchev–Trinajstić information content (AvgIpc) is 2.23. The van der Waals surface area contributed by atoms with Crippen molar-refractivity contribution in [2.45, 2.75) is 78.4 Å². The second-order valence-corrected chi connectivity index (χ2v) is 8.15. The molecule has 1 rings (SSSR count). The van der Waals surface area contributed by atoms with E-state index in [1.165, 1.54) is 0 Å². The fourth-order valence-electron chi connectivity index (χ4n) is 2.73. The van der Waals surface area contributed by atoms with Crippen molar-refractivity contribution in [3.8, 4) is 0 Å². The van der Waals surface area contributed by atoms with Crippen LogP contribution in [-0.4, -0.2) is 28.9 Å². The van der Waals surface area contributed by atoms with Gasteiger partial charge in [0.25, 0.3) is 0 Å². The number of hydrogen-bond acceptors (Lipinski definition) is 3. The standard InChI is InChI=1S/C16H31NO3/c1-14(2,3)20-13(18)17-11-16(6,19)12-7-9-15(4,5)10-8-12/h12,19H,7-11H2,1-6H3,(H,17,18). The minimum Gasteiger partial charge on any atom is -0.444 e. The molecule has 0 bridgehead atoms. The summed E-state index contributed by atoms with van der Waals surface area (Å²) < 4.78 is 5.19. The van der Waals surface area contributed by atoms with Crippen LogP contribution >= 0.6 is 0 Å². The monoisotopic (exact) mass is 285 g/mol. The maximum Gasteiger partial charge on any atom is 0.407 e. The van der Waals surface area contributed by atoms with Crippen molar-refractivity contribution in [3.63, 3.8) is 0 Å². The Morgan fingerprint density at radius 2 is 1.75 bits per heavy atom. The molecule has 0 aromatic rings. The first-order chi connectivity index (χ1) is 8.91. The maximum atomic E-state index is 11.6. The van der Waals surface area contributed by atoms with Crippen molar-refractivity contribution in [1.82, 2.24) is 5.32 Å². The summed E-state index contributed by atoms with van der Waals surface area (Å²) in [4.78, 5) is 11.6. The molecule has 0 aromatic carbocycles. The zero-order valence-corrected chi connectivity index (χ0v) is 13.9. The zero-order chi connectivity index (χ0) is 15.6. The Kier molecular flexibility index (Phi) is 5.12. The molecule has 0 heterocycles. The lowest BCUT2D eigenvalue weighted by atomic mass is 9.68. The summed E-state index contributed by atoms with van der Waals surface area (Å²) in [5.74, 6) is 0.241. The van der Waals surface area contributed by atoms with Gasteiger partial charge >= 0.3 is 6.09 Å². The van der Waals surface area contributed by atoms with Crippen molar-refractivity contribution >= 4 is 6.09 Å². The molecule has 0 saturated heterocycles. The van der Waals surface area contributed by atoms with Gasteiger partial charge in [-0.25, -0.2) is 4.79 Å². The summed E-state index contributed by atoms with van der Waals surface area (Å²) in [5, 5.41) is 13.3. The van der Waals surface area contributed by atoms with E-state index in [0.717, 1.165) is 25.7 Å². The molecule has 1 fully saturated rings. The smallest absolute Gasteiger partial charge is 0.407 e. The summed E-state index contributed by atoms with van der Waals surface area (Å²) in [6.07, 6.45) is 3.81.